The minimum Gasteiger partial charge on any atom is -0.378 e. The van der Waals surface area contributed by atoms with E-state index in [1.807, 2.05) is 39.0 Å². The van der Waals surface area contributed by atoms with Crippen LogP contribution in [0.3, 0.4) is 0 Å². The first kappa shape index (κ1) is 24.0. The molecule has 174 valence electrons. The Hall–Kier alpha value is -2.63. The average molecular weight is 442 g/mol. The Morgan fingerprint density at radius 2 is 1.88 bits per heavy atom. The number of rotatable bonds is 6. The van der Waals surface area contributed by atoms with Crippen LogP contribution >= 0.6 is 0 Å². The van der Waals surface area contributed by atoms with Gasteiger partial charge < -0.3 is 20.3 Å². The molecular formula is C24H35N5O3. The molecule has 0 spiro atoms. The second-order valence-electron chi connectivity index (χ2n) is 10.00. The molecule has 0 bridgehead atoms. The Labute approximate surface area is 190 Å². The molecule has 1 aromatic carbocycles. The van der Waals surface area contributed by atoms with E-state index >= 15 is 0 Å². The van der Waals surface area contributed by atoms with Crippen molar-refractivity contribution in [1.29, 1.82) is 5.26 Å². The number of nitrogens with zero attached hydrogens (tertiary/aromatic N) is 3. The van der Waals surface area contributed by atoms with Gasteiger partial charge in [0.15, 0.2) is 0 Å². The van der Waals surface area contributed by atoms with E-state index in [1.165, 1.54) is 5.56 Å². The molecule has 2 saturated heterocycles. The molecule has 8 nitrogen and oxygen atoms in total. The fourth-order valence-electron chi connectivity index (χ4n) is 4.24. The number of hydrogen-bond acceptors (Lipinski definition) is 5. The number of hydrogen-bond donors (Lipinski definition) is 2. The summed E-state index contributed by atoms with van der Waals surface area (Å²) in [6.45, 7) is 10.0. The number of urea groups is 1. The molecule has 0 aliphatic carbocycles. The van der Waals surface area contributed by atoms with Crippen molar-refractivity contribution in [3.8, 4) is 6.07 Å². The van der Waals surface area contributed by atoms with Gasteiger partial charge >= 0.3 is 6.03 Å². The standard InChI is InChI=1S/C24H35N5O3/c1-23(2,3)15-20(26-22(31)29-11-13-32-14-12-29)21(30)27-24(17-25)9-10-28(18-24)16-19-7-5-4-6-8-19/h4-8,20H,9-16,18H2,1-3H3,(H,26,31)(H,27,30). The summed E-state index contributed by atoms with van der Waals surface area (Å²) >= 11 is 0. The third-order valence-electron chi connectivity index (χ3n) is 5.90. The van der Waals surface area contributed by atoms with Gasteiger partial charge in [0.05, 0.1) is 19.3 Å². The summed E-state index contributed by atoms with van der Waals surface area (Å²) in [4.78, 5) is 29.9. The molecule has 2 heterocycles. The van der Waals surface area contributed by atoms with E-state index < -0.39 is 11.6 Å². The molecule has 1 aromatic rings. The van der Waals surface area contributed by atoms with Gasteiger partial charge in [-0.2, -0.15) is 5.26 Å². The van der Waals surface area contributed by atoms with Gasteiger partial charge in [-0.1, -0.05) is 51.1 Å². The van der Waals surface area contributed by atoms with Crippen molar-refractivity contribution < 1.29 is 14.3 Å². The fourth-order valence-corrected chi connectivity index (χ4v) is 4.24. The van der Waals surface area contributed by atoms with Crippen LogP contribution in [0.1, 0.15) is 39.2 Å². The van der Waals surface area contributed by atoms with Crippen LogP contribution in [0, 0.1) is 16.7 Å². The largest absolute Gasteiger partial charge is 0.378 e. The first-order valence-electron chi connectivity index (χ1n) is 11.3. The highest BCUT2D eigenvalue weighted by atomic mass is 16.5. The predicted molar refractivity (Wildman–Crippen MR) is 122 cm³/mol. The monoisotopic (exact) mass is 441 g/mol. The van der Waals surface area contributed by atoms with Crippen LogP contribution in [-0.2, 0) is 16.1 Å². The number of amides is 3. The highest BCUT2D eigenvalue weighted by Gasteiger charge is 2.41. The van der Waals surface area contributed by atoms with E-state index in [-0.39, 0.29) is 17.4 Å². The van der Waals surface area contributed by atoms with Crippen molar-refractivity contribution >= 4 is 11.9 Å². The SMILES string of the molecule is CC(C)(C)CC(NC(=O)N1CCOCC1)C(=O)NC1(C#N)CCN(Cc2ccccc2)C1. The normalized spacial score (nSPS) is 22.8. The summed E-state index contributed by atoms with van der Waals surface area (Å²) in [6.07, 6.45) is 1.03. The maximum Gasteiger partial charge on any atom is 0.318 e. The van der Waals surface area contributed by atoms with E-state index in [0.29, 0.717) is 45.7 Å². The van der Waals surface area contributed by atoms with Crippen molar-refractivity contribution in [3.63, 3.8) is 0 Å². The lowest BCUT2D eigenvalue weighted by Crippen LogP contribution is -2.59. The van der Waals surface area contributed by atoms with Crippen LogP contribution in [0.5, 0.6) is 0 Å². The molecule has 32 heavy (non-hydrogen) atoms. The molecule has 3 amide bonds. The number of nitriles is 1. The van der Waals surface area contributed by atoms with Crippen molar-refractivity contribution in [2.75, 3.05) is 39.4 Å². The van der Waals surface area contributed by atoms with Gasteiger partial charge in [0, 0.05) is 32.7 Å². The predicted octanol–water partition coefficient (Wildman–Crippen LogP) is 2.12. The zero-order valence-corrected chi connectivity index (χ0v) is 19.4. The maximum absolute atomic E-state index is 13.3. The first-order chi connectivity index (χ1) is 15.2. The number of benzene rings is 1. The van der Waals surface area contributed by atoms with E-state index in [4.69, 9.17) is 4.74 Å². The van der Waals surface area contributed by atoms with Gasteiger partial charge in [-0.3, -0.25) is 9.69 Å². The Bertz CT molecular complexity index is 826. The van der Waals surface area contributed by atoms with Crippen molar-refractivity contribution in [1.82, 2.24) is 20.4 Å². The number of nitrogens with one attached hydrogen (secondary N) is 2. The quantitative estimate of drug-likeness (QED) is 0.705. The first-order valence-corrected chi connectivity index (χ1v) is 11.3. The third kappa shape index (κ3) is 6.68. The second-order valence-corrected chi connectivity index (χ2v) is 10.00. The molecule has 2 aliphatic rings. The van der Waals surface area contributed by atoms with Crippen LogP contribution in [0.15, 0.2) is 30.3 Å². The fraction of sp³-hybridized carbons (Fsp3) is 0.625. The van der Waals surface area contributed by atoms with Crippen LogP contribution < -0.4 is 10.6 Å². The lowest BCUT2D eigenvalue weighted by Gasteiger charge is -2.33. The highest BCUT2D eigenvalue weighted by Crippen LogP contribution is 2.25. The van der Waals surface area contributed by atoms with Crippen molar-refractivity contribution in [2.45, 2.75) is 51.7 Å². The molecule has 2 N–H and O–H groups in total. The Kier molecular flexibility index (Phi) is 7.75. The summed E-state index contributed by atoms with van der Waals surface area (Å²) in [5.41, 5.74) is 0.0526. The molecule has 2 aliphatic heterocycles. The molecule has 2 fully saturated rings. The highest BCUT2D eigenvalue weighted by molar-refractivity contribution is 5.88. The lowest BCUT2D eigenvalue weighted by molar-refractivity contribution is -0.125. The molecule has 0 radical (unpaired) electrons. The molecule has 0 aromatic heterocycles. The molecule has 2 atom stereocenters. The maximum atomic E-state index is 13.3. The van der Waals surface area contributed by atoms with Gasteiger partial charge in [0.25, 0.3) is 0 Å². The molecule has 2 unspecified atom stereocenters. The Morgan fingerprint density at radius 3 is 2.50 bits per heavy atom. The van der Waals surface area contributed by atoms with Gasteiger partial charge in [-0.25, -0.2) is 4.79 Å². The third-order valence-corrected chi connectivity index (χ3v) is 5.90. The van der Waals surface area contributed by atoms with E-state index in [1.54, 1.807) is 4.90 Å². The summed E-state index contributed by atoms with van der Waals surface area (Å²) < 4.78 is 5.31. The minimum absolute atomic E-state index is 0.172. The van der Waals surface area contributed by atoms with Gasteiger partial charge in [-0.05, 0) is 23.8 Å². The second kappa shape index (κ2) is 10.3. The smallest absolute Gasteiger partial charge is 0.318 e. The Balaban J connectivity index is 1.65. The zero-order valence-electron chi connectivity index (χ0n) is 19.4. The molecule has 3 rings (SSSR count). The van der Waals surface area contributed by atoms with Crippen LogP contribution in [0.4, 0.5) is 4.79 Å². The van der Waals surface area contributed by atoms with Gasteiger partial charge in [0.2, 0.25) is 5.91 Å². The molecule has 0 saturated carbocycles. The van der Waals surface area contributed by atoms with Crippen molar-refractivity contribution in [2.24, 2.45) is 5.41 Å². The average Bonchev–Trinajstić information content (AvgIpc) is 3.16. The summed E-state index contributed by atoms with van der Waals surface area (Å²) in [5.74, 6) is -0.301. The topological polar surface area (TPSA) is 97.7 Å². The minimum atomic E-state index is -0.953. The van der Waals surface area contributed by atoms with Crippen LogP contribution in [0.25, 0.3) is 0 Å². The summed E-state index contributed by atoms with van der Waals surface area (Å²) in [5, 5.41) is 15.8. The number of likely N-dealkylation sites (tertiary alicyclic amines) is 1. The van der Waals surface area contributed by atoms with E-state index in [0.717, 1.165) is 13.1 Å². The van der Waals surface area contributed by atoms with E-state index in [9.17, 15) is 14.9 Å². The Morgan fingerprint density at radius 1 is 1.19 bits per heavy atom. The number of ether oxygens (including phenoxy) is 1. The van der Waals surface area contributed by atoms with Crippen LogP contribution in [-0.4, -0.2) is 72.7 Å². The lowest BCUT2D eigenvalue weighted by atomic mass is 9.87. The number of carbonyl (C=O) groups is 2. The van der Waals surface area contributed by atoms with Gasteiger partial charge in [0.1, 0.15) is 11.6 Å². The van der Waals surface area contributed by atoms with Crippen molar-refractivity contribution in [3.05, 3.63) is 35.9 Å². The molecular weight excluding hydrogens is 406 g/mol. The van der Waals surface area contributed by atoms with Gasteiger partial charge in [-0.15, -0.1) is 0 Å². The zero-order chi connectivity index (χ0) is 23.2. The number of morpholine rings is 1. The van der Waals surface area contributed by atoms with Crippen LogP contribution in [0.2, 0.25) is 0 Å². The number of carbonyl (C=O) groups excluding carboxylic acids is 2. The van der Waals surface area contributed by atoms with E-state index in [2.05, 4.69) is 33.7 Å². The summed E-state index contributed by atoms with van der Waals surface area (Å²) in [7, 11) is 0. The summed E-state index contributed by atoms with van der Waals surface area (Å²) in [6, 6.07) is 11.5. The molecule has 8 heteroatoms.